The van der Waals surface area contributed by atoms with Gasteiger partial charge in [0, 0.05) is 12.6 Å². The van der Waals surface area contributed by atoms with E-state index in [4.69, 9.17) is 4.74 Å². The quantitative estimate of drug-likeness (QED) is 0.457. The molecule has 0 fully saturated rings. The summed E-state index contributed by atoms with van der Waals surface area (Å²) in [6, 6.07) is 5.22. The molecule has 1 N–H and O–H groups in total. The summed E-state index contributed by atoms with van der Waals surface area (Å²) in [6.07, 6.45) is 3.50. The van der Waals surface area contributed by atoms with Gasteiger partial charge < -0.3 is 10.1 Å². The molecular formula is C14H16N2O4. The van der Waals surface area contributed by atoms with Gasteiger partial charge in [-0.1, -0.05) is 6.07 Å². The normalized spacial score (nSPS) is 10.8. The molecule has 0 aliphatic rings. The van der Waals surface area contributed by atoms with E-state index < -0.39 is 11.9 Å². The molecule has 1 aromatic rings. The molecule has 0 aliphatic heterocycles. The summed E-state index contributed by atoms with van der Waals surface area (Å²) < 4.78 is 4.71. The molecule has 0 saturated heterocycles. The lowest BCUT2D eigenvalue weighted by Gasteiger charge is -2.04. The molecule has 1 rings (SSSR count). The zero-order valence-corrected chi connectivity index (χ0v) is 11.2. The lowest BCUT2D eigenvalue weighted by molar-refractivity contribution is -0.144. The minimum absolute atomic E-state index is 0.0185. The van der Waals surface area contributed by atoms with Crippen molar-refractivity contribution >= 4 is 24.2 Å². The van der Waals surface area contributed by atoms with Gasteiger partial charge in [0.1, 0.15) is 0 Å². The van der Waals surface area contributed by atoms with Gasteiger partial charge in [0.25, 0.3) is 0 Å². The van der Waals surface area contributed by atoms with Crippen molar-refractivity contribution in [2.45, 2.75) is 19.8 Å². The number of hydrogen-bond acceptors (Lipinski definition) is 5. The van der Waals surface area contributed by atoms with Gasteiger partial charge in [-0.15, -0.1) is 0 Å². The Morgan fingerprint density at radius 3 is 2.75 bits per heavy atom. The van der Waals surface area contributed by atoms with Crippen molar-refractivity contribution in [1.82, 2.24) is 10.3 Å². The number of rotatable bonds is 7. The smallest absolute Gasteiger partial charge is 0.306 e. The van der Waals surface area contributed by atoms with E-state index in [0.29, 0.717) is 12.0 Å². The largest absolute Gasteiger partial charge is 0.466 e. The number of hydrogen-bond donors (Lipinski definition) is 1. The number of aldehydes is 1. The van der Waals surface area contributed by atoms with E-state index in [1.165, 1.54) is 6.08 Å². The lowest BCUT2D eigenvalue weighted by atomic mass is 10.2. The fraction of sp³-hybridized carbons (Fsp3) is 0.286. The van der Waals surface area contributed by atoms with Crippen molar-refractivity contribution in [3.05, 3.63) is 35.8 Å². The predicted molar refractivity (Wildman–Crippen MR) is 72.3 cm³/mol. The Kier molecular flexibility index (Phi) is 6.67. The first-order valence-corrected chi connectivity index (χ1v) is 6.19. The summed E-state index contributed by atoms with van der Waals surface area (Å²) in [7, 11) is 0. The first-order chi connectivity index (χ1) is 9.65. The highest BCUT2D eigenvalue weighted by Gasteiger charge is 2.08. The number of carbonyl (C=O) groups is 3. The molecule has 0 aromatic carbocycles. The topological polar surface area (TPSA) is 85.4 Å². The number of carbonyl (C=O) groups excluding carboxylic acids is 3. The number of pyridine rings is 1. The van der Waals surface area contributed by atoms with Crippen LogP contribution in [-0.4, -0.2) is 29.8 Å². The maximum atomic E-state index is 11.6. The average molecular weight is 276 g/mol. The third-order valence-electron chi connectivity index (χ3n) is 2.26. The molecule has 0 spiro atoms. The second-order valence-corrected chi connectivity index (χ2v) is 3.83. The Labute approximate surface area is 116 Å². The van der Waals surface area contributed by atoms with Crippen LogP contribution in [0.5, 0.6) is 0 Å². The predicted octanol–water partition coefficient (Wildman–Crippen LogP) is 1.08. The molecular weight excluding hydrogens is 260 g/mol. The van der Waals surface area contributed by atoms with Crippen LogP contribution in [0.2, 0.25) is 0 Å². The van der Waals surface area contributed by atoms with Crippen molar-refractivity contribution in [3.8, 4) is 0 Å². The van der Waals surface area contributed by atoms with Gasteiger partial charge in [-0.3, -0.25) is 19.4 Å². The van der Waals surface area contributed by atoms with Crippen LogP contribution < -0.4 is 5.32 Å². The molecule has 0 unspecified atom stereocenters. The van der Waals surface area contributed by atoms with Crippen molar-refractivity contribution in [1.29, 1.82) is 0 Å². The minimum Gasteiger partial charge on any atom is -0.466 e. The first kappa shape index (κ1) is 15.6. The van der Waals surface area contributed by atoms with E-state index in [9.17, 15) is 14.4 Å². The molecule has 0 atom stereocenters. The van der Waals surface area contributed by atoms with Crippen LogP contribution in [0.25, 0.3) is 6.08 Å². The third kappa shape index (κ3) is 5.90. The Morgan fingerprint density at radius 1 is 1.35 bits per heavy atom. The van der Waals surface area contributed by atoms with Crippen LogP contribution in [0, 0.1) is 0 Å². The maximum absolute atomic E-state index is 11.6. The van der Waals surface area contributed by atoms with Crippen molar-refractivity contribution in [2.24, 2.45) is 0 Å². The second-order valence-electron chi connectivity index (χ2n) is 3.83. The van der Waals surface area contributed by atoms with Gasteiger partial charge >= 0.3 is 5.97 Å². The van der Waals surface area contributed by atoms with E-state index >= 15 is 0 Å². The van der Waals surface area contributed by atoms with Crippen LogP contribution in [-0.2, 0) is 19.1 Å². The summed E-state index contributed by atoms with van der Waals surface area (Å²) in [6.45, 7) is 1.97. The third-order valence-corrected chi connectivity index (χ3v) is 2.26. The van der Waals surface area contributed by atoms with Crippen molar-refractivity contribution < 1.29 is 19.1 Å². The van der Waals surface area contributed by atoms with E-state index in [-0.39, 0.29) is 25.1 Å². The van der Waals surface area contributed by atoms with Crippen molar-refractivity contribution in [2.75, 3.05) is 6.61 Å². The van der Waals surface area contributed by atoms with E-state index in [2.05, 4.69) is 10.3 Å². The zero-order chi connectivity index (χ0) is 14.8. The highest BCUT2D eigenvalue weighted by atomic mass is 16.5. The molecule has 106 valence electrons. The highest BCUT2D eigenvalue weighted by Crippen LogP contribution is 2.01. The van der Waals surface area contributed by atoms with Gasteiger partial charge in [0.15, 0.2) is 6.29 Å². The van der Waals surface area contributed by atoms with Gasteiger partial charge in [0.05, 0.1) is 24.4 Å². The number of esters is 1. The first-order valence-electron chi connectivity index (χ1n) is 6.19. The standard InChI is InChI=1S/C14H16N2O4/c1-2-20-14(19)7-6-13(18)16-12(10-17)9-11-5-3-4-8-15-11/h3-5,8-10H,2,6-7H2,1H3,(H,16,18)/b12-9-. The molecule has 1 aromatic heterocycles. The fourth-order valence-electron chi connectivity index (χ4n) is 1.39. The van der Waals surface area contributed by atoms with E-state index in [1.807, 2.05) is 0 Å². The summed E-state index contributed by atoms with van der Waals surface area (Å²) >= 11 is 0. The zero-order valence-electron chi connectivity index (χ0n) is 11.2. The molecule has 0 aliphatic carbocycles. The molecule has 1 heterocycles. The summed E-state index contributed by atoms with van der Waals surface area (Å²) in [5, 5.41) is 2.42. The summed E-state index contributed by atoms with van der Waals surface area (Å²) in [5.41, 5.74) is 0.651. The Balaban J connectivity index is 2.52. The molecule has 0 bridgehead atoms. The van der Waals surface area contributed by atoms with Crippen LogP contribution >= 0.6 is 0 Å². The number of nitrogens with one attached hydrogen (secondary N) is 1. The van der Waals surface area contributed by atoms with Gasteiger partial charge in [-0.2, -0.15) is 0 Å². The summed E-state index contributed by atoms with van der Waals surface area (Å²) in [5.74, 6) is -0.864. The van der Waals surface area contributed by atoms with Crippen LogP contribution in [0.15, 0.2) is 30.1 Å². The number of ether oxygens (including phenoxy) is 1. The SMILES string of the molecule is CCOC(=O)CCC(=O)N/C(C=O)=C\c1ccccn1. The monoisotopic (exact) mass is 276 g/mol. The van der Waals surface area contributed by atoms with Crippen LogP contribution in [0.1, 0.15) is 25.5 Å². The second kappa shape index (κ2) is 8.58. The Bertz CT molecular complexity index is 497. The molecule has 6 nitrogen and oxygen atoms in total. The minimum atomic E-state index is -0.441. The van der Waals surface area contributed by atoms with Gasteiger partial charge in [0.2, 0.25) is 5.91 Å². The van der Waals surface area contributed by atoms with E-state index in [0.717, 1.165) is 0 Å². The van der Waals surface area contributed by atoms with Crippen molar-refractivity contribution in [3.63, 3.8) is 0 Å². The maximum Gasteiger partial charge on any atom is 0.306 e. The average Bonchev–Trinajstić information content (AvgIpc) is 2.46. The molecule has 1 amide bonds. The van der Waals surface area contributed by atoms with Gasteiger partial charge in [-0.25, -0.2) is 0 Å². The lowest BCUT2D eigenvalue weighted by Crippen LogP contribution is -2.24. The molecule has 20 heavy (non-hydrogen) atoms. The number of nitrogens with zero attached hydrogens (tertiary/aromatic N) is 1. The fourth-order valence-corrected chi connectivity index (χ4v) is 1.39. The molecule has 6 heteroatoms. The molecule has 0 saturated carbocycles. The van der Waals surface area contributed by atoms with Gasteiger partial charge in [-0.05, 0) is 25.1 Å². The van der Waals surface area contributed by atoms with E-state index in [1.54, 1.807) is 31.3 Å². The number of amides is 1. The Morgan fingerprint density at radius 2 is 2.15 bits per heavy atom. The summed E-state index contributed by atoms with van der Waals surface area (Å²) in [4.78, 5) is 37.6. The van der Waals surface area contributed by atoms with Crippen LogP contribution in [0.3, 0.4) is 0 Å². The van der Waals surface area contributed by atoms with Crippen LogP contribution in [0.4, 0.5) is 0 Å². The molecule has 0 radical (unpaired) electrons. The number of aromatic nitrogens is 1. The number of allylic oxidation sites excluding steroid dienone is 1. The Hall–Kier alpha value is -2.50. The highest BCUT2D eigenvalue weighted by molar-refractivity contribution is 5.90.